The molecule has 0 aromatic heterocycles. The van der Waals surface area contributed by atoms with Crippen molar-refractivity contribution in [2.45, 2.75) is 44.6 Å². The van der Waals surface area contributed by atoms with Crippen LogP contribution >= 0.6 is 0 Å². The van der Waals surface area contributed by atoms with E-state index in [1.165, 1.54) is 6.07 Å². The minimum Gasteiger partial charge on any atom is -0.389 e. The van der Waals surface area contributed by atoms with Crippen molar-refractivity contribution < 1.29 is 13.5 Å². The molecule has 0 bridgehead atoms. The molecule has 0 unspecified atom stereocenters. The van der Waals surface area contributed by atoms with E-state index in [-0.39, 0.29) is 5.75 Å². The van der Waals surface area contributed by atoms with Crippen molar-refractivity contribution in [1.29, 1.82) is 5.26 Å². The number of rotatable bonds is 5. The second-order valence-corrected chi connectivity index (χ2v) is 7.58. The van der Waals surface area contributed by atoms with Gasteiger partial charge >= 0.3 is 0 Å². The smallest absolute Gasteiger partial charge is 0.216 e. The summed E-state index contributed by atoms with van der Waals surface area (Å²) in [6.45, 7) is 6.34. The van der Waals surface area contributed by atoms with Crippen molar-refractivity contribution in [2.75, 3.05) is 0 Å². The summed E-state index contributed by atoms with van der Waals surface area (Å²) in [6, 6.07) is 8.42. The Kier molecular flexibility index (Phi) is 4.59. The minimum atomic E-state index is -3.62. The Morgan fingerprint density at radius 2 is 1.90 bits per heavy atom. The van der Waals surface area contributed by atoms with Crippen LogP contribution < -0.4 is 4.72 Å². The van der Waals surface area contributed by atoms with Crippen LogP contribution in [-0.4, -0.2) is 24.7 Å². The zero-order valence-corrected chi connectivity index (χ0v) is 13.0. The fourth-order valence-corrected chi connectivity index (χ4v) is 3.22. The summed E-state index contributed by atoms with van der Waals surface area (Å²) in [6.07, 6.45) is 0. The fraction of sp³-hybridized carbons (Fsp3) is 0.500. The molecule has 5 nitrogen and oxygen atoms in total. The van der Waals surface area contributed by atoms with Gasteiger partial charge in [0.1, 0.15) is 0 Å². The maximum Gasteiger partial charge on any atom is 0.216 e. The third-order valence-electron chi connectivity index (χ3n) is 3.35. The fourth-order valence-electron chi connectivity index (χ4n) is 1.50. The van der Waals surface area contributed by atoms with Gasteiger partial charge in [-0.3, -0.25) is 0 Å². The summed E-state index contributed by atoms with van der Waals surface area (Å²) in [7, 11) is -3.62. The van der Waals surface area contributed by atoms with E-state index in [1.54, 1.807) is 45.9 Å². The third-order valence-corrected chi connectivity index (χ3v) is 4.89. The molecule has 0 radical (unpaired) electrons. The van der Waals surface area contributed by atoms with Crippen LogP contribution in [0.4, 0.5) is 0 Å². The van der Waals surface area contributed by atoms with E-state index in [1.807, 2.05) is 6.07 Å². The topological polar surface area (TPSA) is 90.2 Å². The molecule has 2 N–H and O–H groups in total. The third kappa shape index (κ3) is 4.30. The molecular formula is C14H20N2O3S. The molecule has 0 aliphatic rings. The van der Waals surface area contributed by atoms with Gasteiger partial charge < -0.3 is 5.11 Å². The SMILES string of the molecule is CC(C)(O)C(C)(C)NS(=O)(=O)Cc1cccc(C#N)c1. The van der Waals surface area contributed by atoms with E-state index in [4.69, 9.17) is 5.26 Å². The van der Waals surface area contributed by atoms with Gasteiger partial charge in [0.05, 0.1) is 28.5 Å². The minimum absolute atomic E-state index is 0.234. The highest BCUT2D eigenvalue weighted by atomic mass is 32.2. The van der Waals surface area contributed by atoms with Crippen LogP contribution in [0, 0.1) is 11.3 Å². The molecule has 0 fully saturated rings. The van der Waals surface area contributed by atoms with E-state index in [2.05, 4.69) is 4.72 Å². The highest BCUT2D eigenvalue weighted by Crippen LogP contribution is 2.22. The number of sulfonamides is 1. The Morgan fingerprint density at radius 3 is 2.40 bits per heavy atom. The van der Waals surface area contributed by atoms with Gasteiger partial charge in [-0.05, 0) is 45.4 Å². The van der Waals surface area contributed by atoms with Gasteiger partial charge in [-0.2, -0.15) is 5.26 Å². The van der Waals surface area contributed by atoms with Crippen LogP contribution in [0.3, 0.4) is 0 Å². The normalized spacial score (nSPS) is 13.0. The Hall–Kier alpha value is -1.42. The summed E-state index contributed by atoms with van der Waals surface area (Å²) >= 11 is 0. The molecule has 20 heavy (non-hydrogen) atoms. The molecule has 0 saturated heterocycles. The van der Waals surface area contributed by atoms with Crippen LogP contribution in [0.25, 0.3) is 0 Å². The highest BCUT2D eigenvalue weighted by Gasteiger charge is 2.38. The van der Waals surface area contributed by atoms with Crippen molar-refractivity contribution in [1.82, 2.24) is 4.72 Å². The first-order valence-corrected chi connectivity index (χ1v) is 7.85. The molecule has 0 amide bonds. The second-order valence-electron chi connectivity index (χ2n) is 5.86. The van der Waals surface area contributed by atoms with Gasteiger partial charge in [0.15, 0.2) is 0 Å². The van der Waals surface area contributed by atoms with Crippen LogP contribution in [-0.2, 0) is 15.8 Å². The first kappa shape index (κ1) is 16.6. The number of nitriles is 1. The lowest BCUT2D eigenvalue weighted by molar-refractivity contribution is 0.00636. The van der Waals surface area contributed by atoms with Gasteiger partial charge in [-0.25, -0.2) is 13.1 Å². The second kappa shape index (κ2) is 5.52. The number of hydrogen-bond acceptors (Lipinski definition) is 4. The quantitative estimate of drug-likeness (QED) is 0.862. The van der Waals surface area contributed by atoms with E-state index < -0.39 is 21.2 Å². The van der Waals surface area contributed by atoms with Gasteiger partial charge in [-0.1, -0.05) is 12.1 Å². The van der Waals surface area contributed by atoms with Gasteiger partial charge in [0.25, 0.3) is 0 Å². The predicted molar refractivity (Wildman–Crippen MR) is 77.3 cm³/mol. The Bertz CT molecular complexity index is 623. The van der Waals surface area contributed by atoms with Crippen molar-refractivity contribution in [3.63, 3.8) is 0 Å². The maximum absolute atomic E-state index is 12.2. The predicted octanol–water partition coefficient (Wildman–Crippen LogP) is 1.53. The van der Waals surface area contributed by atoms with Crippen LogP contribution in [0.1, 0.15) is 38.8 Å². The Labute approximate surface area is 120 Å². The van der Waals surface area contributed by atoms with Crippen molar-refractivity contribution >= 4 is 10.0 Å². The van der Waals surface area contributed by atoms with E-state index >= 15 is 0 Å². The summed E-state index contributed by atoms with van der Waals surface area (Å²) in [5.41, 5.74) is -1.25. The number of benzene rings is 1. The van der Waals surface area contributed by atoms with Crippen LogP contribution in [0.2, 0.25) is 0 Å². The monoisotopic (exact) mass is 296 g/mol. The van der Waals surface area contributed by atoms with Crippen molar-refractivity contribution in [2.24, 2.45) is 0 Å². The zero-order valence-electron chi connectivity index (χ0n) is 12.1. The number of nitrogens with one attached hydrogen (secondary N) is 1. The Morgan fingerprint density at radius 1 is 1.30 bits per heavy atom. The molecule has 110 valence electrons. The van der Waals surface area contributed by atoms with E-state index in [0.29, 0.717) is 11.1 Å². The molecule has 0 spiro atoms. The first-order valence-electron chi connectivity index (χ1n) is 6.20. The lowest BCUT2D eigenvalue weighted by Gasteiger charge is -2.37. The first-order chi connectivity index (χ1) is 8.97. The van der Waals surface area contributed by atoms with E-state index in [9.17, 15) is 13.5 Å². The standard InChI is InChI=1S/C14H20N2O3S/c1-13(2,14(3,4)17)16-20(18,19)10-12-7-5-6-11(8-12)9-15/h5-8,16-17H,10H2,1-4H3. The van der Waals surface area contributed by atoms with E-state index in [0.717, 1.165) is 0 Å². The van der Waals surface area contributed by atoms with Crippen LogP contribution in [0.5, 0.6) is 0 Å². The van der Waals surface area contributed by atoms with Gasteiger partial charge in [0.2, 0.25) is 10.0 Å². The average molecular weight is 296 g/mol. The summed E-state index contributed by atoms with van der Waals surface area (Å²) in [4.78, 5) is 0. The number of aliphatic hydroxyl groups is 1. The largest absolute Gasteiger partial charge is 0.389 e. The molecule has 0 saturated carbocycles. The summed E-state index contributed by atoms with van der Waals surface area (Å²) in [5.74, 6) is -0.234. The van der Waals surface area contributed by atoms with Crippen molar-refractivity contribution in [3.05, 3.63) is 35.4 Å². The molecule has 1 aromatic rings. The molecule has 0 aliphatic carbocycles. The maximum atomic E-state index is 12.2. The zero-order chi connectivity index (χ0) is 15.6. The molecular weight excluding hydrogens is 276 g/mol. The highest BCUT2D eigenvalue weighted by molar-refractivity contribution is 7.88. The molecule has 6 heteroatoms. The Balaban J connectivity index is 2.94. The lowest BCUT2D eigenvalue weighted by atomic mass is 9.87. The summed E-state index contributed by atoms with van der Waals surface area (Å²) in [5, 5.41) is 18.8. The van der Waals surface area contributed by atoms with Gasteiger partial charge in [0, 0.05) is 0 Å². The van der Waals surface area contributed by atoms with Crippen LogP contribution in [0.15, 0.2) is 24.3 Å². The average Bonchev–Trinajstić information content (AvgIpc) is 2.25. The lowest BCUT2D eigenvalue weighted by Crippen LogP contribution is -2.57. The molecule has 0 aliphatic heterocycles. The number of nitrogens with zero attached hydrogens (tertiary/aromatic N) is 1. The molecule has 1 aromatic carbocycles. The molecule has 0 atom stereocenters. The summed E-state index contributed by atoms with van der Waals surface area (Å²) < 4.78 is 26.8. The molecule has 1 rings (SSSR count). The number of hydrogen-bond donors (Lipinski definition) is 2. The van der Waals surface area contributed by atoms with Gasteiger partial charge in [-0.15, -0.1) is 0 Å². The van der Waals surface area contributed by atoms with Crippen molar-refractivity contribution in [3.8, 4) is 6.07 Å². The molecule has 0 heterocycles.